The average molecular weight is 172 g/mol. The monoisotopic (exact) mass is 172 g/mol. The number of benzene rings is 1. The van der Waals surface area contributed by atoms with Crippen molar-refractivity contribution in [2.24, 2.45) is 0 Å². The first kappa shape index (κ1) is 7.92. The molecule has 0 atom stereocenters. The summed E-state index contributed by atoms with van der Waals surface area (Å²) in [6.45, 7) is 0. The van der Waals surface area contributed by atoms with Crippen LogP contribution >= 0.6 is 0 Å². The van der Waals surface area contributed by atoms with Crippen molar-refractivity contribution in [2.45, 2.75) is 6.42 Å². The molecule has 0 radical (unpaired) electrons. The Morgan fingerprint density at radius 1 is 1.15 bits per heavy atom. The van der Waals surface area contributed by atoms with Crippen molar-refractivity contribution in [1.29, 1.82) is 0 Å². The minimum Gasteiger partial charge on any atom is -0.399 e. The first-order valence-corrected chi connectivity index (χ1v) is 4.31. The Morgan fingerprint density at radius 2 is 2.08 bits per heavy atom. The van der Waals surface area contributed by atoms with Crippen molar-refractivity contribution in [3.05, 3.63) is 53.9 Å². The molecule has 0 aliphatic rings. The van der Waals surface area contributed by atoms with E-state index < -0.39 is 0 Å². The number of H-pyrrole nitrogens is 1. The van der Waals surface area contributed by atoms with E-state index in [9.17, 15) is 0 Å². The highest BCUT2D eigenvalue weighted by Gasteiger charge is 1.96. The molecule has 0 amide bonds. The quantitative estimate of drug-likeness (QED) is 0.670. The summed E-state index contributed by atoms with van der Waals surface area (Å²) in [5, 5.41) is 0. The molecule has 1 heterocycles. The summed E-state index contributed by atoms with van der Waals surface area (Å²) in [6.07, 6.45) is 2.85. The van der Waals surface area contributed by atoms with Gasteiger partial charge in [0.2, 0.25) is 0 Å². The lowest BCUT2D eigenvalue weighted by Crippen LogP contribution is -1.90. The van der Waals surface area contributed by atoms with Gasteiger partial charge < -0.3 is 10.7 Å². The third kappa shape index (κ3) is 1.90. The zero-order valence-corrected chi connectivity index (χ0v) is 7.33. The van der Waals surface area contributed by atoms with E-state index in [0.29, 0.717) is 0 Å². The van der Waals surface area contributed by atoms with Gasteiger partial charge in [-0.05, 0) is 29.8 Å². The summed E-state index contributed by atoms with van der Waals surface area (Å²) in [6, 6.07) is 12.0. The highest BCUT2D eigenvalue weighted by molar-refractivity contribution is 5.41. The minimum atomic E-state index is 0.823. The lowest BCUT2D eigenvalue weighted by atomic mass is 10.1. The molecule has 1 aromatic heterocycles. The van der Waals surface area contributed by atoms with E-state index >= 15 is 0 Å². The molecule has 13 heavy (non-hydrogen) atoms. The van der Waals surface area contributed by atoms with Gasteiger partial charge in [0, 0.05) is 24.0 Å². The van der Waals surface area contributed by atoms with Gasteiger partial charge in [-0.2, -0.15) is 0 Å². The molecular formula is C11H12N2. The molecule has 3 N–H and O–H groups in total. The molecule has 0 spiro atoms. The van der Waals surface area contributed by atoms with Crippen LogP contribution in [0.15, 0.2) is 42.6 Å². The lowest BCUT2D eigenvalue weighted by Gasteiger charge is -2.00. The smallest absolute Gasteiger partial charge is 0.0316 e. The largest absolute Gasteiger partial charge is 0.399 e. The predicted octanol–water partition coefficient (Wildman–Crippen LogP) is 2.19. The summed E-state index contributed by atoms with van der Waals surface area (Å²) in [5.41, 5.74) is 8.95. The summed E-state index contributed by atoms with van der Waals surface area (Å²) < 4.78 is 0. The molecule has 66 valence electrons. The van der Waals surface area contributed by atoms with Crippen LogP contribution in [0, 0.1) is 0 Å². The summed E-state index contributed by atoms with van der Waals surface area (Å²) in [5.74, 6) is 0. The Labute approximate surface area is 77.4 Å². The zero-order valence-electron chi connectivity index (χ0n) is 7.33. The molecule has 0 saturated carbocycles. The van der Waals surface area contributed by atoms with E-state index in [0.717, 1.165) is 12.1 Å². The second kappa shape index (κ2) is 3.35. The SMILES string of the molecule is Nc1cccc(Cc2ccc[nH]2)c1. The molecule has 0 bridgehead atoms. The minimum absolute atomic E-state index is 0.823. The van der Waals surface area contributed by atoms with Crippen molar-refractivity contribution in [2.75, 3.05) is 5.73 Å². The van der Waals surface area contributed by atoms with Crippen molar-refractivity contribution in [1.82, 2.24) is 4.98 Å². The number of aromatic nitrogens is 1. The van der Waals surface area contributed by atoms with Crippen LogP contribution in [-0.4, -0.2) is 4.98 Å². The molecule has 1 aromatic carbocycles. The van der Waals surface area contributed by atoms with Gasteiger partial charge in [-0.25, -0.2) is 0 Å². The van der Waals surface area contributed by atoms with Gasteiger partial charge in [-0.1, -0.05) is 12.1 Å². The number of nitrogens with two attached hydrogens (primary N) is 1. The van der Waals surface area contributed by atoms with Crippen LogP contribution in [0.25, 0.3) is 0 Å². The normalized spacial score (nSPS) is 10.2. The third-order valence-electron chi connectivity index (χ3n) is 2.01. The Bertz CT molecular complexity index is 377. The van der Waals surface area contributed by atoms with Gasteiger partial charge in [0.1, 0.15) is 0 Å². The molecular weight excluding hydrogens is 160 g/mol. The van der Waals surface area contributed by atoms with Crippen LogP contribution in [0.2, 0.25) is 0 Å². The molecule has 2 heteroatoms. The zero-order chi connectivity index (χ0) is 9.10. The van der Waals surface area contributed by atoms with E-state index in [1.54, 1.807) is 0 Å². The van der Waals surface area contributed by atoms with Crippen LogP contribution in [-0.2, 0) is 6.42 Å². The highest BCUT2D eigenvalue weighted by atomic mass is 14.7. The molecule has 2 aromatic rings. The fourth-order valence-electron chi connectivity index (χ4n) is 1.40. The van der Waals surface area contributed by atoms with E-state index in [-0.39, 0.29) is 0 Å². The maximum absolute atomic E-state index is 5.68. The van der Waals surface area contributed by atoms with Gasteiger partial charge in [-0.15, -0.1) is 0 Å². The van der Waals surface area contributed by atoms with Crippen molar-refractivity contribution < 1.29 is 0 Å². The number of rotatable bonds is 2. The first-order chi connectivity index (χ1) is 6.34. The first-order valence-electron chi connectivity index (χ1n) is 4.31. The third-order valence-corrected chi connectivity index (χ3v) is 2.01. The summed E-state index contributed by atoms with van der Waals surface area (Å²) in [7, 11) is 0. The van der Waals surface area contributed by atoms with Crippen LogP contribution < -0.4 is 5.73 Å². The molecule has 0 fully saturated rings. The second-order valence-corrected chi connectivity index (χ2v) is 3.12. The van der Waals surface area contributed by atoms with Crippen molar-refractivity contribution in [3.8, 4) is 0 Å². The topological polar surface area (TPSA) is 41.8 Å². The number of hydrogen-bond acceptors (Lipinski definition) is 1. The fraction of sp³-hybridized carbons (Fsp3) is 0.0909. The maximum atomic E-state index is 5.68. The van der Waals surface area contributed by atoms with E-state index in [2.05, 4.69) is 17.1 Å². The number of nitrogen functional groups attached to an aromatic ring is 1. The summed E-state index contributed by atoms with van der Waals surface area (Å²) in [4.78, 5) is 3.16. The van der Waals surface area contributed by atoms with E-state index in [4.69, 9.17) is 5.73 Å². The molecule has 2 rings (SSSR count). The number of anilines is 1. The Morgan fingerprint density at radius 3 is 2.77 bits per heavy atom. The second-order valence-electron chi connectivity index (χ2n) is 3.12. The van der Waals surface area contributed by atoms with E-state index in [1.807, 2.05) is 30.5 Å². The summed E-state index contributed by atoms with van der Waals surface area (Å²) >= 11 is 0. The van der Waals surface area contributed by atoms with Gasteiger partial charge in [-0.3, -0.25) is 0 Å². The standard InChI is InChI=1S/C11H12N2/c12-10-4-1-3-9(7-10)8-11-5-2-6-13-11/h1-7,13H,8,12H2. The average Bonchev–Trinajstić information content (AvgIpc) is 2.57. The van der Waals surface area contributed by atoms with Crippen LogP contribution in [0.1, 0.15) is 11.3 Å². The van der Waals surface area contributed by atoms with Crippen LogP contribution in [0.5, 0.6) is 0 Å². The molecule has 2 nitrogen and oxygen atoms in total. The van der Waals surface area contributed by atoms with Gasteiger partial charge in [0.05, 0.1) is 0 Å². The van der Waals surface area contributed by atoms with Gasteiger partial charge in [0.25, 0.3) is 0 Å². The fourth-order valence-corrected chi connectivity index (χ4v) is 1.40. The van der Waals surface area contributed by atoms with Crippen LogP contribution in [0.3, 0.4) is 0 Å². The Kier molecular flexibility index (Phi) is 2.04. The van der Waals surface area contributed by atoms with Gasteiger partial charge >= 0.3 is 0 Å². The number of nitrogens with one attached hydrogen (secondary N) is 1. The Balaban J connectivity index is 2.19. The maximum Gasteiger partial charge on any atom is 0.0316 e. The Hall–Kier alpha value is -1.70. The van der Waals surface area contributed by atoms with E-state index in [1.165, 1.54) is 11.3 Å². The number of hydrogen-bond donors (Lipinski definition) is 2. The van der Waals surface area contributed by atoms with Crippen molar-refractivity contribution >= 4 is 5.69 Å². The van der Waals surface area contributed by atoms with Gasteiger partial charge in [0.15, 0.2) is 0 Å². The molecule has 0 unspecified atom stereocenters. The van der Waals surface area contributed by atoms with Crippen LogP contribution in [0.4, 0.5) is 5.69 Å². The lowest BCUT2D eigenvalue weighted by molar-refractivity contribution is 1.11. The molecule has 0 aliphatic carbocycles. The molecule has 0 aliphatic heterocycles. The predicted molar refractivity (Wildman–Crippen MR) is 54.5 cm³/mol. The number of aromatic amines is 1. The van der Waals surface area contributed by atoms with Crippen molar-refractivity contribution in [3.63, 3.8) is 0 Å². The molecule has 0 saturated heterocycles. The highest BCUT2D eigenvalue weighted by Crippen LogP contribution is 2.10.